The van der Waals surface area contributed by atoms with Gasteiger partial charge in [-0.25, -0.2) is 0 Å². The number of anilines is 1. The first-order valence-electron chi connectivity index (χ1n) is 9.75. The lowest BCUT2D eigenvalue weighted by Gasteiger charge is -2.13. The Labute approximate surface area is 191 Å². The van der Waals surface area contributed by atoms with Gasteiger partial charge in [-0.05, 0) is 64.9 Å². The van der Waals surface area contributed by atoms with Crippen LogP contribution in [0.15, 0.2) is 40.9 Å². The Kier molecular flexibility index (Phi) is 9.89. The lowest BCUT2D eigenvalue weighted by atomic mass is 10.2. The Bertz CT molecular complexity index is 876. The third-order valence-corrected chi connectivity index (χ3v) is 5.14. The SMILES string of the molecule is CCCCCCOc1ccc(C(=O)NC(=S)Nc2ccc(OC)c(OC)c2)cc1Br. The Balaban J connectivity index is 1.92. The minimum Gasteiger partial charge on any atom is -0.493 e. The van der Waals surface area contributed by atoms with Gasteiger partial charge in [-0.15, -0.1) is 0 Å². The van der Waals surface area contributed by atoms with Crippen molar-refractivity contribution in [1.29, 1.82) is 0 Å². The summed E-state index contributed by atoms with van der Waals surface area (Å²) in [6, 6.07) is 10.5. The van der Waals surface area contributed by atoms with Crippen LogP contribution in [0.25, 0.3) is 0 Å². The molecule has 8 heteroatoms. The Morgan fingerprint density at radius 2 is 1.73 bits per heavy atom. The molecule has 1 amide bonds. The highest BCUT2D eigenvalue weighted by molar-refractivity contribution is 9.10. The number of unbranched alkanes of at least 4 members (excludes halogenated alkanes) is 3. The Hall–Kier alpha value is -2.32. The van der Waals surface area contributed by atoms with Crippen LogP contribution >= 0.6 is 28.1 Å². The van der Waals surface area contributed by atoms with Crippen LogP contribution in [-0.4, -0.2) is 31.8 Å². The first-order chi connectivity index (χ1) is 14.5. The van der Waals surface area contributed by atoms with E-state index in [1.807, 2.05) is 0 Å². The number of hydrogen-bond acceptors (Lipinski definition) is 5. The first kappa shape index (κ1) is 24.0. The van der Waals surface area contributed by atoms with Gasteiger partial charge in [-0.2, -0.15) is 0 Å². The summed E-state index contributed by atoms with van der Waals surface area (Å²) in [4.78, 5) is 12.5. The van der Waals surface area contributed by atoms with Crippen LogP contribution in [-0.2, 0) is 0 Å². The molecule has 162 valence electrons. The Morgan fingerprint density at radius 3 is 2.40 bits per heavy atom. The van der Waals surface area contributed by atoms with Crippen LogP contribution in [0.3, 0.4) is 0 Å². The number of ether oxygens (including phenoxy) is 3. The number of thiocarbonyl (C=S) groups is 1. The maximum atomic E-state index is 12.5. The van der Waals surface area contributed by atoms with Crippen LogP contribution in [0.2, 0.25) is 0 Å². The molecule has 0 aliphatic heterocycles. The molecule has 0 spiro atoms. The monoisotopic (exact) mass is 494 g/mol. The lowest BCUT2D eigenvalue weighted by Crippen LogP contribution is -2.34. The molecule has 0 fully saturated rings. The molecule has 0 aliphatic rings. The average Bonchev–Trinajstić information content (AvgIpc) is 2.74. The number of carbonyl (C=O) groups is 1. The van der Waals surface area contributed by atoms with Gasteiger partial charge < -0.3 is 19.5 Å². The molecule has 2 rings (SSSR count). The summed E-state index contributed by atoms with van der Waals surface area (Å²) >= 11 is 8.72. The fourth-order valence-electron chi connectivity index (χ4n) is 2.72. The molecule has 0 aromatic heterocycles. The van der Waals surface area contributed by atoms with E-state index >= 15 is 0 Å². The molecule has 0 aliphatic carbocycles. The maximum Gasteiger partial charge on any atom is 0.257 e. The standard InChI is InChI=1S/C22H27BrN2O4S/c1-4-5-6-7-12-29-18-10-8-15(13-17(18)23)21(26)25-22(30)24-16-9-11-19(27-2)20(14-16)28-3/h8-11,13-14H,4-7,12H2,1-3H3,(H2,24,25,26,30). The third-order valence-electron chi connectivity index (χ3n) is 4.32. The number of benzene rings is 2. The van der Waals surface area contributed by atoms with Gasteiger partial charge in [0.25, 0.3) is 5.91 Å². The van der Waals surface area contributed by atoms with Crippen molar-refractivity contribution in [2.75, 3.05) is 26.1 Å². The van der Waals surface area contributed by atoms with Crippen molar-refractivity contribution in [1.82, 2.24) is 5.32 Å². The lowest BCUT2D eigenvalue weighted by molar-refractivity contribution is 0.0977. The Morgan fingerprint density at radius 1 is 1.00 bits per heavy atom. The van der Waals surface area contributed by atoms with E-state index in [4.69, 9.17) is 26.4 Å². The van der Waals surface area contributed by atoms with Gasteiger partial charge in [-0.1, -0.05) is 26.2 Å². The van der Waals surface area contributed by atoms with Gasteiger partial charge in [0.1, 0.15) is 5.75 Å². The predicted octanol–water partition coefficient (Wildman–Crippen LogP) is 5.55. The predicted molar refractivity (Wildman–Crippen MR) is 127 cm³/mol. The number of carbonyl (C=O) groups excluding carboxylic acids is 1. The van der Waals surface area contributed by atoms with Crippen LogP contribution in [0.5, 0.6) is 17.2 Å². The summed E-state index contributed by atoms with van der Waals surface area (Å²) in [6.45, 7) is 2.83. The molecule has 0 saturated heterocycles. The van der Waals surface area contributed by atoms with E-state index in [1.165, 1.54) is 12.8 Å². The molecular weight excluding hydrogens is 468 g/mol. The van der Waals surface area contributed by atoms with E-state index in [9.17, 15) is 4.79 Å². The summed E-state index contributed by atoms with van der Waals surface area (Å²) in [5.41, 5.74) is 1.14. The van der Waals surface area contributed by atoms with Gasteiger partial charge in [0.2, 0.25) is 0 Å². The normalized spacial score (nSPS) is 10.3. The van der Waals surface area contributed by atoms with Crippen molar-refractivity contribution >= 4 is 44.9 Å². The highest BCUT2D eigenvalue weighted by atomic mass is 79.9. The van der Waals surface area contributed by atoms with Crippen molar-refractivity contribution in [3.63, 3.8) is 0 Å². The minimum absolute atomic E-state index is 0.180. The quantitative estimate of drug-likeness (QED) is 0.333. The second-order valence-corrected chi connectivity index (χ2v) is 7.79. The van der Waals surface area contributed by atoms with E-state index in [2.05, 4.69) is 33.5 Å². The second kappa shape index (κ2) is 12.4. The zero-order valence-electron chi connectivity index (χ0n) is 17.4. The van der Waals surface area contributed by atoms with Crippen LogP contribution in [0, 0.1) is 0 Å². The van der Waals surface area contributed by atoms with E-state index in [-0.39, 0.29) is 11.0 Å². The molecule has 2 aromatic rings. The maximum absolute atomic E-state index is 12.5. The van der Waals surface area contributed by atoms with Crippen molar-refractivity contribution in [3.8, 4) is 17.2 Å². The molecule has 30 heavy (non-hydrogen) atoms. The highest BCUT2D eigenvalue weighted by Gasteiger charge is 2.12. The molecule has 0 heterocycles. The fourth-order valence-corrected chi connectivity index (χ4v) is 3.43. The van der Waals surface area contributed by atoms with Crippen LogP contribution in [0.1, 0.15) is 43.0 Å². The molecule has 2 aromatic carbocycles. The molecule has 0 bridgehead atoms. The molecule has 0 unspecified atom stereocenters. The zero-order chi connectivity index (χ0) is 21.9. The largest absolute Gasteiger partial charge is 0.493 e. The summed E-state index contributed by atoms with van der Waals surface area (Å²) < 4.78 is 17.0. The van der Waals surface area contributed by atoms with Gasteiger partial charge in [0.15, 0.2) is 16.6 Å². The number of amides is 1. The number of nitrogens with one attached hydrogen (secondary N) is 2. The summed E-state index contributed by atoms with van der Waals surface area (Å²) in [5, 5.41) is 5.82. The van der Waals surface area contributed by atoms with Crippen LogP contribution < -0.4 is 24.8 Å². The van der Waals surface area contributed by atoms with E-state index in [0.29, 0.717) is 35.1 Å². The van der Waals surface area contributed by atoms with Crippen molar-refractivity contribution in [2.24, 2.45) is 0 Å². The first-order valence-corrected chi connectivity index (χ1v) is 10.9. The number of halogens is 1. The molecule has 0 saturated carbocycles. The second-order valence-electron chi connectivity index (χ2n) is 6.53. The van der Waals surface area contributed by atoms with E-state index in [1.54, 1.807) is 50.6 Å². The minimum atomic E-state index is -0.317. The van der Waals surface area contributed by atoms with E-state index in [0.717, 1.165) is 17.3 Å². The number of rotatable bonds is 10. The van der Waals surface area contributed by atoms with Gasteiger partial charge in [-0.3, -0.25) is 10.1 Å². The van der Waals surface area contributed by atoms with E-state index < -0.39 is 0 Å². The van der Waals surface area contributed by atoms with Gasteiger partial charge >= 0.3 is 0 Å². The smallest absolute Gasteiger partial charge is 0.257 e. The van der Waals surface area contributed by atoms with Crippen molar-refractivity contribution < 1.29 is 19.0 Å². The van der Waals surface area contributed by atoms with Crippen molar-refractivity contribution in [2.45, 2.75) is 32.6 Å². The molecular formula is C22H27BrN2O4S. The number of methoxy groups -OCH3 is 2. The van der Waals surface area contributed by atoms with Gasteiger partial charge in [0, 0.05) is 17.3 Å². The zero-order valence-corrected chi connectivity index (χ0v) is 19.8. The highest BCUT2D eigenvalue weighted by Crippen LogP contribution is 2.30. The average molecular weight is 495 g/mol. The topological polar surface area (TPSA) is 68.8 Å². The van der Waals surface area contributed by atoms with Crippen LogP contribution in [0.4, 0.5) is 5.69 Å². The molecule has 2 N–H and O–H groups in total. The molecule has 0 atom stereocenters. The molecule has 0 radical (unpaired) electrons. The van der Waals surface area contributed by atoms with Crippen molar-refractivity contribution in [3.05, 3.63) is 46.4 Å². The molecule has 6 nitrogen and oxygen atoms in total. The summed E-state index contributed by atoms with van der Waals surface area (Å²) in [5.74, 6) is 1.57. The summed E-state index contributed by atoms with van der Waals surface area (Å²) in [6.07, 6.45) is 4.56. The summed E-state index contributed by atoms with van der Waals surface area (Å²) in [7, 11) is 3.12. The van der Waals surface area contributed by atoms with Gasteiger partial charge in [0.05, 0.1) is 25.3 Å². The fraction of sp³-hybridized carbons (Fsp3) is 0.364. The number of hydrogen-bond donors (Lipinski definition) is 2. The third kappa shape index (κ3) is 7.18.